The lowest BCUT2D eigenvalue weighted by Crippen LogP contribution is -2.26. The maximum atomic E-state index is 6.06. The SMILES string of the molecule is CC12Oc3c(Cl)c(Cl)c(Cl)c(Cl)c3OC1P2. The van der Waals surface area contributed by atoms with Gasteiger partial charge in [0.25, 0.3) is 0 Å². The van der Waals surface area contributed by atoms with Gasteiger partial charge in [0, 0.05) is 0 Å². The van der Waals surface area contributed by atoms with Gasteiger partial charge >= 0.3 is 0 Å². The summed E-state index contributed by atoms with van der Waals surface area (Å²) < 4.78 is 11.5. The molecule has 1 saturated heterocycles. The fourth-order valence-corrected chi connectivity index (χ4v) is 3.36. The van der Waals surface area contributed by atoms with Gasteiger partial charge in [0.1, 0.15) is 10.0 Å². The van der Waals surface area contributed by atoms with Gasteiger partial charge in [-0.2, -0.15) is 0 Å². The zero-order chi connectivity index (χ0) is 11.7. The molecule has 0 aromatic heterocycles. The quantitative estimate of drug-likeness (QED) is 0.388. The number of rotatable bonds is 0. The number of hydrogen-bond acceptors (Lipinski definition) is 2. The van der Waals surface area contributed by atoms with Crippen molar-refractivity contribution >= 4 is 55.0 Å². The average molecular weight is 318 g/mol. The Hall–Kier alpha value is 0.410. The predicted octanol–water partition coefficient (Wildman–Crippen LogP) is 4.81. The molecule has 7 heteroatoms. The minimum Gasteiger partial charge on any atom is -0.476 e. The van der Waals surface area contributed by atoms with Gasteiger partial charge in [-0.1, -0.05) is 46.4 Å². The molecular formula is C9H5Cl4O2P. The summed E-state index contributed by atoms with van der Waals surface area (Å²) in [5.41, 5.74) is 0. The first-order valence-electron chi connectivity index (χ1n) is 4.43. The van der Waals surface area contributed by atoms with E-state index >= 15 is 0 Å². The fourth-order valence-electron chi connectivity index (χ4n) is 1.56. The molecule has 0 spiro atoms. The molecule has 0 saturated carbocycles. The Morgan fingerprint density at radius 1 is 1.00 bits per heavy atom. The van der Waals surface area contributed by atoms with Crippen LogP contribution in [0.3, 0.4) is 0 Å². The molecular weight excluding hydrogens is 313 g/mol. The second-order valence-electron chi connectivity index (χ2n) is 3.77. The lowest BCUT2D eigenvalue weighted by atomic mass is 10.2. The van der Waals surface area contributed by atoms with E-state index in [2.05, 4.69) is 0 Å². The second-order valence-corrected chi connectivity index (χ2v) is 7.08. The molecule has 0 amide bonds. The molecule has 2 nitrogen and oxygen atoms in total. The van der Waals surface area contributed by atoms with E-state index in [0.29, 0.717) is 20.1 Å². The van der Waals surface area contributed by atoms with Crippen molar-refractivity contribution in [2.75, 3.05) is 0 Å². The van der Waals surface area contributed by atoms with Crippen LogP contribution in [0.25, 0.3) is 0 Å². The van der Waals surface area contributed by atoms with Gasteiger partial charge in [-0.3, -0.25) is 0 Å². The molecule has 3 atom stereocenters. The van der Waals surface area contributed by atoms with Crippen molar-refractivity contribution in [2.24, 2.45) is 0 Å². The first-order valence-corrected chi connectivity index (χ1v) is 7.02. The molecule has 0 bridgehead atoms. The van der Waals surface area contributed by atoms with Crippen LogP contribution in [0.5, 0.6) is 11.5 Å². The molecule has 3 unspecified atom stereocenters. The Labute approximate surface area is 114 Å². The van der Waals surface area contributed by atoms with E-state index in [-0.39, 0.29) is 31.3 Å². The number of hydrogen-bond donors (Lipinski definition) is 0. The zero-order valence-electron chi connectivity index (χ0n) is 7.91. The third-order valence-corrected chi connectivity index (χ3v) is 5.89. The Bertz CT molecular complexity index is 507. The summed E-state index contributed by atoms with van der Waals surface area (Å²) in [7, 11) is 0.566. The summed E-state index contributed by atoms with van der Waals surface area (Å²) in [4.78, 5) is 0. The highest BCUT2D eigenvalue weighted by Crippen LogP contribution is 2.67. The lowest BCUT2D eigenvalue weighted by Gasteiger charge is -2.25. The molecule has 0 radical (unpaired) electrons. The summed E-state index contributed by atoms with van der Waals surface area (Å²) in [5.74, 6) is 0.837. The first-order chi connectivity index (χ1) is 7.44. The number of benzene rings is 1. The van der Waals surface area contributed by atoms with Crippen LogP contribution in [-0.4, -0.2) is 11.2 Å². The molecule has 1 aromatic rings. The molecule has 2 heterocycles. The lowest BCUT2D eigenvalue weighted by molar-refractivity contribution is 0.101. The van der Waals surface area contributed by atoms with Gasteiger partial charge in [0.05, 0.1) is 10.0 Å². The van der Waals surface area contributed by atoms with Crippen LogP contribution in [-0.2, 0) is 0 Å². The molecule has 2 aliphatic rings. The highest BCUT2D eigenvalue weighted by Gasteiger charge is 2.59. The predicted molar refractivity (Wildman–Crippen MR) is 68.2 cm³/mol. The number of fused-ring (bicyclic) bond motifs is 2. The van der Waals surface area contributed by atoms with Crippen LogP contribution in [0.4, 0.5) is 0 Å². The van der Waals surface area contributed by atoms with Crippen molar-refractivity contribution < 1.29 is 9.47 Å². The molecule has 1 fully saturated rings. The highest BCUT2D eigenvalue weighted by atomic mass is 35.5. The zero-order valence-corrected chi connectivity index (χ0v) is 11.9. The van der Waals surface area contributed by atoms with Crippen LogP contribution >= 0.6 is 55.0 Å². The van der Waals surface area contributed by atoms with Gasteiger partial charge in [-0.25, -0.2) is 0 Å². The van der Waals surface area contributed by atoms with Crippen LogP contribution in [0.1, 0.15) is 6.92 Å². The maximum absolute atomic E-state index is 6.06. The van der Waals surface area contributed by atoms with Crippen molar-refractivity contribution in [3.8, 4) is 11.5 Å². The van der Waals surface area contributed by atoms with Crippen LogP contribution in [0.15, 0.2) is 0 Å². The normalized spacial score (nSPS) is 31.4. The van der Waals surface area contributed by atoms with Crippen molar-refractivity contribution in [3.05, 3.63) is 20.1 Å². The Kier molecular flexibility index (Phi) is 2.49. The van der Waals surface area contributed by atoms with Gasteiger partial charge < -0.3 is 9.47 Å². The fraction of sp³-hybridized carbons (Fsp3) is 0.333. The summed E-state index contributed by atoms with van der Waals surface area (Å²) in [6.45, 7) is 1.96. The van der Waals surface area contributed by atoms with E-state index in [1.807, 2.05) is 6.92 Å². The molecule has 2 aliphatic heterocycles. The van der Waals surface area contributed by atoms with Crippen LogP contribution in [0, 0.1) is 0 Å². The van der Waals surface area contributed by atoms with E-state index < -0.39 is 0 Å². The van der Waals surface area contributed by atoms with E-state index in [9.17, 15) is 0 Å². The molecule has 0 aliphatic carbocycles. The van der Waals surface area contributed by atoms with Crippen molar-refractivity contribution in [1.82, 2.24) is 0 Å². The van der Waals surface area contributed by atoms with E-state index in [1.165, 1.54) is 0 Å². The Morgan fingerprint density at radius 2 is 1.56 bits per heavy atom. The van der Waals surface area contributed by atoms with Crippen molar-refractivity contribution in [3.63, 3.8) is 0 Å². The number of ether oxygens (including phenoxy) is 2. The highest BCUT2D eigenvalue weighted by molar-refractivity contribution is 7.49. The second kappa shape index (κ2) is 3.46. The van der Waals surface area contributed by atoms with Crippen LogP contribution in [0.2, 0.25) is 20.1 Å². The summed E-state index contributed by atoms with van der Waals surface area (Å²) in [5, 5.41) is 0.620. The topological polar surface area (TPSA) is 18.5 Å². The van der Waals surface area contributed by atoms with Crippen molar-refractivity contribution in [2.45, 2.75) is 18.1 Å². The first kappa shape index (κ1) is 11.5. The van der Waals surface area contributed by atoms with Crippen molar-refractivity contribution in [1.29, 1.82) is 0 Å². The minimum absolute atomic E-state index is 0.0470. The largest absolute Gasteiger partial charge is 0.476 e. The minimum atomic E-state index is -0.281. The Morgan fingerprint density at radius 3 is 2.19 bits per heavy atom. The summed E-state index contributed by atoms with van der Waals surface area (Å²) in [6, 6.07) is 0. The van der Waals surface area contributed by atoms with Gasteiger partial charge in [-0.15, -0.1) is 0 Å². The van der Waals surface area contributed by atoms with Gasteiger partial charge in [0.2, 0.25) is 0 Å². The maximum Gasteiger partial charge on any atom is 0.184 e. The molecule has 0 N–H and O–H groups in total. The van der Waals surface area contributed by atoms with Gasteiger partial charge in [-0.05, 0) is 15.5 Å². The van der Waals surface area contributed by atoms with E-state index in [1.54, 1.807) is 0 Å². The standard InChI is InChI=1S/C9H5Cl4O2P/c1-9-8(16-9)14-6-4(12)2(10)3(11)5(13)7(6)15-9/h8,16H,1H3. The Balaban J connectivity index is 2.23. The monoisotopic (exact) mass is 316 g/mol. The third-order valence-electron chi connectivity index (χ3n) is 2.57. The molecule has 1 aromatic carbocycles. The van der Waals surface area contributed by atoms with Crippen LogP contribution < -0.4 is 9.47 Å². The van der Waals surface area contributed by atoms with E-state index in [0.717, 1.165) is 0 Å². The molecule has 3 rings (SSSR count). The summed E-state index contributed by atoms with van der Waals surface area (Å²) >= 11 is 24.0. The molecule has 86 valence electrons. The van der Waals surface area contributed by atoms with E-state index in [4.69, 9.17) is 55.9 Å². The average Bonchev–Trinajstić information content (AvgIpc) is 2.92. The van der Waals surface area contributed by atoms with Gasteiger partial charge in [0.15, 0.2) is 22.7 Å². The summed E-state index contributed by atoms with van der Waals surface area (Å²) in [6.07, 6.45) is 0. The smallest absolute Gasteiger partial charge is 0.184 e. The molecule has 16 heavy (non-hydrogen) atoms. The number of halogens is 4. The third kappa shape index (κ3) is 1.44.